The third-order valence-electron chi connectivity index (χ3n) is 4.15. The summed E-state index contributed by atoms with van der Waals surface area (Å²) in [5.41, 5.74) is 0. The number of hydrogen-bond donors (Lipinski definition) is 1. The number of amides is 1. The van der Waals surface area contributed by atoms with Crippen molar-refractivity contribution in [1.29, 1.82) is 0 Å². The molecule has 2 rings (SSSR count). The van der Waals surface area contributed by atoms with E-state index in [9.17, 15) is 4.79 Å². The van der Waals surface area contributed by atoms with Crippen LogP contribution in [0.2, 0.25) is 0 Å². The number of ether oxygens (including phenoxy) is 1. The molecule has 4 heteroatoms. The van der Waals surface area contributed by atoms with Gasteiger partial charge in [-0.3, -0.25) is 4.79 Å². The highest BCUT2D eigenvalue weighted by atomic mass is 16.5. The first-order valence-corrected chi connectivity index (χ1v) is 7.27. The summed E-state index contributed by atoms with van der Waals surface area (Å²) >= 11 is 0. The number of rotatable bonds is 4. The van der Waals surface area contributed by atoms with Crippen LogP contribution in [0.15, 0.2) is 0 Å². The Hall–Kier alpha value is -0.610. The summed E-state index contributed by atoms with van der Waals surface area (Å²) in [6, 6.07) is 0.604. The van der Waals surface area contributed by atoms with E-state index in [0.29, 0.717) is 12.6 Å². The lowest BCUT2D eigenvalue weighted by molar-refractivity contribution is -0.134. The summed E-state index contributed by atoms with van der Waals surface area (Å²) < 4.78 is 5.47. The molecule has 0 aromatic rings. The number of nitrogens with zero attached hydrogens (tertiary/aromatic N) is 1. The van der Waals surface area contributed by atoms with Crippen molar-refractivity contribution in [3.05, 3.63) is 0 Å². The first kappa shape index (κ1) is 13.8. The maximum absolute atomic E-state index is 12.2. The minimum Gasteiger partial charge on any atom is -0.378 e. The van der Waals surface area contributed by atoms with Gasteiger partial charge in [0.2, 0.25) is 5.91 Å². The second kappa shape index (κ2) is 6.53. The molecule has 2 saturated heterocycles. The first-order chi connectivity index (χ1) is 8.66. The molecule has 0 spiro atoms. The van der Waals surface area contributed by atoms with Gasteiger partial charge in [0.15, 0.2) is 0 Å². The van der Waals surface area contributed by atoms with E-state index in [2.05, 4.69) is 5.32 Å². The molecule has 1 amide bonds. The van der Waals surface area contributed by atoms with Crippen molar-refractivity contribution in [3.8, 4) is 0 Å². The molecule has 3 atom stereocenters. The molecule has 0 radical (unpaired) electrons. The lowest BCUT2D eigenvalue weighted by atomic mass is 10.0. The Labute approximate surface area is 110 Å². The highest BCUT2D eigenvalue weighted by Gasteiger charge is 2.30. The molecule has 0 saturated carbocycles. The molecule has 0 aliphatic carbocycles. The molecule has 0 aromatic carbocycles. The van der Waals surface area contributed by atoms with Gasteiger partial charge in [0.05, 0.1) is 18.6 Å². The Balaban J connectivity index is 1.70. The van der Waals surface area contributed by atoms with E-state index in [1.807, 2.05) is 18.9 Å². The van der Waals surface area contributed by atoms with Gasteiger partial charge < -0.3 is 15.0 Å². The lowest BCUT2D eigenvalue weighted by Gasteiger charge is -2.27. The summed E-state index contributed by atoms with van der Waals surface area (Å²) in [6.07, 6.45) is 6.07. The minimum atomic E-state index is 0.0873. The molecular formula is C14H26N2O2. The number of nitrogens with one attached hydrogen (secondary N) is 1. The molecule has 1 N–H and O–H groups in total. The summed E-state index contributed by atoms with van der Waals surface area (Å²) in [4.78, 5) is 14.1. The van der Waals surface area contributed by atoms with E-state index in [0.717, 1.165) is 25.9 Å². The van der Waals surface area contributed by atoms with Crippen molar-refractivity contribution in [2.75, 3.05) is 26.7 Å². The molecule has 2 fully saturated rings. The normalized spacial score (nSPS) is 32.4. The standard InChI is InChI=1S/C14H26N2O2/c1-11-9-12(10-18-11)14(17)16(2)8-6-13-5-3-4-7-15-13/h11-13,15H,3-10H2,1-2H3. The fraction of sp³-hybridized carbons (Fsp3) is 0.929. The smallest absolute Gasteiger partial charge is 0.227 e. The lowest BCUT2D eigenvalue weighted by Crippen LogP contribution is -2.39. The van der Waals surface area contributed by atoms with Crippen LogP contribution in [-0.4, -0.2) is 49.7 Å². The predicted octanol–water partition coefficient (Wildman–Crippen LogP) is 1.40. The second-order valence-electron chi connectivity index (χ2n) is 5.77. The van der Waals surface area contributed by atoms with Crippen LogP contribution in [0.4, 0.5) is 0 Å². The fourth-order valence-corrected chi connectivity index (χ4v) is 2.93. The van der Waals surface area contributed by atoms with Crippen molar-refractivity contribution in [2.45, 2.75) is 51.2 Å². The maximum Gasteiger partial charge on any atom is 0.227 e. The topological polar surface area (TPSA) is 41.6 Å². The van der Waals surface area contributed by atoms with Crippen molar-refractivity contribution in [2.24, 2.45) is 5.92 Å². The highest BCUT2D eigenvalue weighted by Crippen LogP contribution is 2.21. The van der Waals surface area contributed by atoms with Crippen LogP contribution >= 0.6 is 0 Å². The van der Waals surface area contributed by atoms with Gasteiger partial charge in [-0.1, -0.05) is 6.42 Å². The number of piperidine rings is 1. The van der Waals surface area contributed by atoms with Crippen molar-refractivity contribution >= 4 is 5.91 Å². The van der Waals surface area contributed by atoms with Gasteiger partial charge in [0.25, 0.3) is 0 Å². The third-order valence-corrected chi connectivity index (χ3v) is 4.15. The zero-order valence-corrected chi connectivity index (χ0v) is 11.7. The molecular weight excluding hydrogens is 228 g/mol. The maximum atomic E-state index is 12.2. The summed E-state index contributed by atoms with van der Waals surface area (Å²) in [5, 5.41) is 3.53. The molecule has 2 aliphatic rings. The summed E-state index contributed by atoms with van der Waals surface area (Å²) in [5.74, 6) is 0.347. The second-order valence-corrected chi connectivity index (χ2v) is 5.77. The molecule has 0 aromatic heterocycles. The molecule has 2 heterocycles. The average molecular weight is 254 g/mol. The largest absolute Gasteiger partial charge is 0.378 e. The summed E-state index contributed by atoms with van der Waals surface area (Å²) in [6.45, 7) is 4.64. The van der Waals surface area contributed by atoms with Crippen LogP contribution < -0.4 is 5.32 Å². The van der Waals surface area contributed by atoms with Crippen LogP contribution in [0, 0.1) is 5.92 Å². The van der Waals surface area contributed by atoms with Gasteiger partial charge in [-0.2, -0.15) is 0 Å². The average Bonchev–Trinajstić information content (AvgIpc) is 2.83. The Morgan fingerprint density at radius 1 is 1.44 bits per heavy atom. The fourth-order valence-electron chi connectivity index (χ4n) is 2.93. The monoisotopic (exact) mass is 254 g/mol. The Bertz CT molecular complexity index is 277. The van der Waals surface area contributed by atoms with Gasteiger partial charge in [-0.05, 0) is 39.2 Å². The van der Waals surface area contributed by atoms with E-state index >= 15 is 0 Å². The van der Waals surface area contributed by atoms with E-state index in [-0.39, 0.29) is 17.9 Å². The van der Waals surface area contributed by atoms with E-state index in [1.165, 1.54) is 19.3 Å². The van der Waals surface area contributed by atoms with Crippen LogP contribution in [0.5, 0.6) is 0 Å². The number of carbonyl (C=O) groups is 1. The van der Waals surface area contributed by atoms with Crippen molar-refractivity contribution in [1.82, 2.24) is 10.2 Å². The first-order valence-electron chi connectivity index (χ1n) is 7.27. The van der Waals surface area contributed by atoms with Crippen LogP contribution in [0.1, 0.15) is 39.0 Å². The van der Waals surface area contributed by atoms with Gasteiger partial charge >= 0.3 is 0 Å². The minimum absolute atomic E-state index is 0.0873. The van der Waals surface area contributed by atoms with Gasteiger partial charge in [0, 0.05) is 19.6 Å². The molecule has 0 bridgehead atoms. The quantitative estimate of drug-likeness (QED) is 0.824. The van der Waals surface area contributed by atoms with Gasteiger partial charge in [-0.25, -0.2) is 0 Å². The Morgan fingerprint density at radius 2 is 2.28 bits per heavy atom. The molecule has 4 nitrogen and oxygen atoms in total. The van der Waals surface area contributed by atoms with Gasteiger partial charge in [0.1, 0.15) is 0 Å². The molecule has 3 unspecified atom stereocenters. The zero-order chi connectivity index (χ0) is 13.0. The number of carbonyl (C=O) groups excluding carboxylic acids is 1. The van der Waals surface area contributed by atoms with E-state index in [1.54, 1.807) is 0 Å². The van der Waals surface area contributed by atoms with Gasteiger partial charge in [-0.15, -0.1) is 0 Å². The van der Waals surface area contributed by atoms with E-state index < -0.39 is 0 Å². The summed E-state index contributed by atoms with van der Waals surface area (Å²) in [7, 11) is 1.92. The van der Waals surface area contributed by atoms with E-state index in [4.69, 9.17) is 4.74 Å². The van der Waals surface area contributed by atoms with Crippen molar-refractivity contribution in [3.63, 3.8) is 0 Å². The highest BCUT2D eigenvalue weighted by molar-refractivity contribution is 5.79. The zero-order valence-electron chi connectivity index (χ0n) is 11.7. The SMILES string of the molecule is CC1CC(C(=O)N(C)CCC2CCCCN2)CO1. The van der Waals surface area contributed by atoms with Crippen LogP contribution in [-0.2, 0) is 9.53 Å². The Kier molecular flexibility index (Phi) is 5.01. The Morgan fingerprint density at radius 3 is 2.89 bits per heavy atom. The predicted molar refractivity (Wildman–Crippen MR) is 71.4 cm³/mol. The van der Waals surface area contributed by atoms with Crippen LogP contribution in [0.3, 0.4) is 0 Å². The van der Waals surface area contributed by atoms with Crippen molar-refractivity contribution < 1.29 is 9.53 Å². The molecule has 2 aliphatic heterocycles. The van der Waals surface area contributed by atoms with Crippen LogP contribution in [0.25, 0.3) is 0 Å². The molecule has 18 heavy (non-hydrogen) atoms. The molecule has 104 valence electrons. The third kappa shape index (κ3) is 3.69. The number of hydrogen-bond acceptors (Lipinski definition) is 3.